The SMILES string of the molecule is O=S(=O)(c1csc(CO)c1)N1CCC2CCCCC21. The molecule has 106 valence electrons. The highest BCUT2D eigenvalue weighted by Gasteiger charge is 2.42. The van der Waals surface area contributed by atoms with Crippen LogP contribution in [0.4, 0.5) is 0 Å². The normalized spacial score (nSPS) is 28.5. The highest BCUT2D eigenvalue weighted by molar-refractivity contribution is 7.89. The van der Waals surface area contributed by atoms with Gasteiger partial charge in [0, 0.05) is 22.8 Å². The van der Waals surface area contributed by atoms with Gasteiger partial charge in [-0.3, -0.25) is 0 Å². The lowest BCUT2D eigenvalue weighted by Gasteiger charge is -2.30. The lowest BCUT2D eigenvalue weighted by atomic mass is 9.86. The van der Waals surface area contributed by atoms with Gasteiger partial charge in [-0.05, 0) is 31.2 Å². The predicted octanol–water partition coefficient (Wildman–Crippen LogP) is 2.19. The van der Waals surface area contributed by atoms with Crippen LogP contribution in [0.1, 0.15) is 37.0 Å². The van der Waals surface area contributed by atoms with E-state index in [0.717, 1.165) is 19.3 Å². The molecule has 3 rings (SSSR count). The molecule has 2 unspecified atom stereocenters. The molecule has 4 nitrogen and oxygen atoms in total. The number of rotatable bonds is 3. The third-order valence-corrected chi connectivity index (χ3v) is 7.32. The summed E-state index contributed by atoms with van der Waals surface area (Å²) in [5, 5.41) is 10.7. The van der Waals surface area contributed by atoms with E-state index in [1.807, 2.05) is 0 Å². The summed E-state index contributed by atoms with van der Waals surface area (Å²) in [6, 6.07) is 1.81. The Morgan fingerprint density at radius 3 is 2.84 bits per heavy atom. The van der Waals surface area contributed by atoms with Crippen molar-refractivity contribution in [2.24, 2.45) is 5.92 Å². The lowest BCUT2D eigenvalue weighted by molar-refractivity contribution is 0.260. The summed E-state index contributed by atoms with van der Waals surface area (Å²) in [6.45, 7) is 0.564. The van der Waals surface area contributed by atoms with Gasteiger partial charge in [-0.25, -0.2) is 8.42 Å². The van der Waals surface area contributed by atoms with Crippen molar-refractivity contribution < 1.29 is 13.5 Å². The zero-order valence-electron chi connectivity index (χ0n) is 10.8. The van der Waals surface area contributed by atoms with Crippen LogP contribution in [0.2, 0.25) is 0 Å². The van der Waals surface area contributed by atoms with Crippen molar-refractivity contribution in [3.05, 3.63) is 16.3 Å². The van der Waals surface area contributed by atoms with Crippen LogP contribution in [0.15, 0.2) is 16.3 Å². The van der Waals surface area contributed by atoms with Gasteiger partial charge < -0.3 is 5.11 Å². The predicted molar refractivity (Wildman–Crippen MR) is 74.5 cm³/mol. The Bertz CT molecular complexity index is 552. The maximum Gasteiger partial charge on any atom is 0.244 e. The van der Waals surface area contributed by atoms with E-state index in [2.05, 4.69) is 0 Å². The number of fused-ring (bicyclic) bond motifs is 1. The van der Waals surface area contributed by atoms with E-state index in [9.17, 15) is 8.42 Å². The topological polar surface area (TPSA) is 57.6 Å². The number of hydrogen-bond acceptors (Lipinski definition) is 4. The Hall–Kier alpha value is -0.430. The Labute approximate surface area is 118 Å². The Balaban J connectivity index is 1.88. The van der Waals surface area contributed by atoms with Crippen molar-refractivity contribution >= 4 is 21.4 Å². The van der Waals surface area contributed by atoms with E-state index >= 15 is 0 Å². The Morgan fingerprint density at radius 2 is 2.11 bits per heavy atom. The number of nitrogens with zero attached hydrogens (tertiary/aromatic N) is 1. The summed E-state index contributed by atoms with van der Waals surface area (Å²) in [5.74, 6) is 0.555. The number of sulfonamides is 1. The molecule has 0 radical (unpaired) electrons. The van der Waals surface area contributed by atoms with Crippen molar-refractivity contribution in [1.29, 1.82) is 0 Å². The first kappa shape index (κ1) is 13.5. The summed E-state index contributed by atoms with van der Waals surface area (Å²) in [6.07, 6.45) is 5.55. The largest absolute Gasteiger partial charge is 0.391 e. The molecule has 2 aliphatic rings. The Kier molecular flexibility index (Phi) is 3.68. The van der Waals surface area contributed by atoms with E-state index < -0.39 is 10.0 Å². The van der Waals surface area contributed by atoms with Crippen molar-refractivity contribution in [3.8, 4) is 0 Å². The van der Waals surface area contributed by atoms with Gasteiger partial charge in [-0.2, -0.15) is 4.31 Å². The minimum Gasteiger partial charge on any atom is -0.391 e. The van der Waals surface area contributed by atoms with Crippen LogP contribution < -0.4 is 0 Å². The lowest BCUT2D eigenvalue weighted by Crippen LogP contribution is -2.39. The molecule has 1 aliphatic heterocycles. The minimum atomic E-state index is -3.37. The van der Waals surface area contributed by atoms with Crippen LogP contribution in [0, 0.1) is 5.92 Å². The quantitative estimate of drug-likeness (QED) is 0.931. The summed E-state index contributed by atoms with van der Waals surface area (Å²) >= 11 is 1.31. The van der Waals surface area contributed by atoms with Crippen LogP contribution in [-0.2, 0) is 16.6 Å². The number of thiophene rings is 1. The molecular formula is C13H19NO3S2. The second-order valence-electron chi connectivity index (χ2n) is 5.42. The zero-order valence-corrected chi connectivity index (χ0v) is 12.4. The fraction of sp³-hybridized carbons (Fsp3) is 0.692. The average Bonchev–Trinajstić information content (AvgIpc) is 3.06. The van der Waals surface area contributed by atoms with E-state index in [1.54, 1.807) is 15.8 Å². The molecule has 1 aromatic rings. The van der Waals surface area contributed by atoms with Gasteiger partial charge in [0.2, 0.25) is 10.0 Å². The number of aliphatic hydroxyl groups is 1. The van der Waals surface area contributed by atoms with Crippen molar-refractivity contribution in [1.82, 2.24) is 4.31 Å². The number of aliphatic hydroxyl groups excluding tert-OH is 1. The van der Waals surface area contributed by atoms with Crippen LogP contribution in [0.5, 0.6) is 0 Å². The standard InChI is InChI=1S/C13H19NO3S2/c15-8-11-7-12(9-18-11)19(16,17)14-6-5-10-3-1-2-4-13(10)14/h7,9-10,13,15H,1-6,8H2. The van der Waals surface area contributed by atoms with Crippen LogP contribution in [0.25, 0.3) is 0 Å². The van der Waals surface area contributed by atoms with Crippen LogP contribution in [0.3, 0.4) is 0 Å². The molecule has 2 heterocycles. The maximum atomic E-state index is 12.7. The summed E-state index contributed by atoms with van der Waals surface area (Å²) in [5.41, 5.74) is 0. The van der Waals surface area contributed by atoms with Gasteiger partial charge in [0.15, 0.2) is 0 Å². The highest BCUT2D eigenvalue weighted by Crippen LogP contribution is 2.39. The summed E-state index contributed by atoms with van der Waals surface area (Å²) in [7, 11) is -3.37. The molecule has 0 aromatic carbocycles. The molecular weight excluding hydrogens is 282 g/mol. The molecule has 1 N–H and O–H groups in total. The highest BCUT2D eigenvalue weighted by atomic mass is 32.2. The minimum absolute atomic E-state index is 0.0910. The zero-order chi connectivity index (χ0) is 13.5. The van der Waals surface area contributed by atoms with E-state index in [1.165, 1.54) is 24.2 Å². The summed E-state index contributed by atoms with van der Waals surface area (Å²) < 4.78 is 27.0. The van der Waals surface area contributed by atoms with Crippen LogP contribution in [-0.4, -0.2) is 30.4 Å². The molecule has 1 aliphatic carbocycles. The molecule has 2 fully saturated rings. The van der Waals surface area contributed by atoms with Gasteiger partial charge in [-0.15, -0.1) is 11.3 Å². The molecule has 6 heteroatoms. The second-order valence-corrected chi connectivity index (χ2v) is 8.31. The fourth-order valence-electron chi connectivity index (χ4n) is 3.38. The van der Waals surface area contributed by atoms with E-state index in [-0.39, 0.29) is 12.6 Å². The van der Waals surface area contributed by atoms with Crippen molar-refractivity contribution in [2.75, 3.05) is 6.54 Å². The van der Waals surface area contributed by atoms with E-state index in [4.69, 9.17) is 5.11 Å². The average molecular weight is 301 g/mol. The molecule has 19 heavy (non-hydrogen) atoms. The maximum absolute atomic E-state index is 12.7. The van der Waals surface area contributed by atoms with Crippen molar-refractivity contribution in [2.45, 2.75) is 49.6 Å². The van der Waals surface area contributed by atoms with Gasteiger partial charge in [0.1, 0.15) is 0 Å². The molecule has 0 bridgehead atoms. The molecule has 0 amide bonds. The van der Waals surface area contributed by atoms with Gasteiger partial charge in [0.25, 0.3) is 0 Å². The van der Waals surface area contributed by atoms with Gasteiger partial charge in [0.05, 0.1) is 11.5 Å². The smallest absolute Gasteiger partial charge is 0.244 e. The van der Waals surface area contributed by atoms with Crippen molar-refractivity contribution in [3.63, 3.8) is 0 Å². The number of hydrogen-bond donors (Lipinski definition) is 1. The molecule has 0 spiro atoms. The first-order valence-corrected chi connectivity index (χ1v) is 9.15. The summed E-state index contributed by atoms with van der Waals surface area (Å²) in [4.78, 5) is 1.06. The monoisotopic (exact) mass is 301 g/mol. The van der Waals surface area contributed by atoms with Crippen LogP contribution >= 0.6 is 11.3 Å². The van der Waals surface area contributed by atoms with Gasteiger partial charge >= 0.3 is 0 Å². The second kappa shape index (κ2) is 5.16. The molecule has 1 saturated heterocycles. The molecule has 1 aromatic heterocycles. The fourth-order valence-corrected chi connectivity index (χ4v) is 6.23. The molecule has 1 saturated carbocycles. The third-order valence-electron chi connectivity index (χ3n) is 4.35. The first-order chi connectivity index (χ1) is 9.13. The third kappa shape index (κ3) is 2.35. The first-order valence-electron chi connectivity index (χ1n) is 6.83. The Morgan fingerprint density at radius 1 is 1.32 bits per heavy atom. The van der Waals surface area contributed by atoms with Gasteiger partial charge in [-0.1, -0.05) is 12.8 Å². The molecule has 2 atom stereocenters. The van der Waals surface area contributed by atoms with E-state index in [0.29, 0.717) is 22.2 Å².